The first kappa shape index (κ1) is 12.8. The number of hydrogen-bond donors (Lipinski definition) is 1. The summed E-state index contributed by atoms with van der Waals surface area (Å²) in [5.41, 5.74) is 4.42. The van der Waals surface area contributed by atoms with Crippen molar-refractivity contribution in [3.8, 4) is 11.1 Å². The Balaban J connectivity index is 2.46. The molecule has 0 aliphatic heterocycles. The monoisotopic (exact) mass is 261 g/mol. The van der Waals surface area contributed by atoms with Crippen molar-refractivity contribution >= 4 is 10.0 Å². The highest BCUT2D eigenvalue weighted by atomic mass is 32.2. The van der Waals surface area contributed by atoms with Crippen LogP contribution in [0.5, 0.6) is 0 Å². The van der Waals surface area contributed by atoms with Gasteiger partial charge in [-0.25, -0.2) is 13.6 Å². The van der Waals surface area contributed by atoms with Gasteiger partial charge in [0.1, 0.15) is 0 Å². The number of hydrogen-bond acceptors (Lipinski definition) is 2. The maximum atomic E-state index is 11.2. The van der Waals surface area contributed by atoms with E-state index in [9.17, 15) is 8.42 Å². The molecule has 0 aromatic heterocycles. The molecule has 0 saturated carbocycles. The third-order valence-electron chi connectivity index (χ3n) is 2.74. The molecule has 0 fully saturated rings. The van der Waals surface area contributed by atoms with Crippen molar-refractivity contribution in [3.05, 3.63) is 53.6 Å². The van der Waals surface area contributed by atoms with Crippen LogP contribution < -0.4 is 5.14 Å². The molecule has 3 nitrogen and oxygen atoms in total. The highest BCUT2D eigenvalue weighted by Crippen LogP contribution is 2.23. The van der Waals surface area contributed by atoms with E-state index in [-0.39, 0.29) is 4.90 Å². The van der Waals surface area contributed by atoms with Crippen LogP contribution in [0.15, 0.2) is 47.4 Å². The van der Waals surface area contributed by atoms with Gasteiger partial charge in [-0.15, -0.1) is 0 Å². The Morgan fingerprint density at radius 3 is 1.78 bits per heavy atom. The zero-order valence-corrected chi connectivity index (χ0v) is 11.2. The third-order valence-corrected chi connectivity index (χ3v) is 3.67. The third kappa shape index (κ3) is 2.78. The standard InChI is InChI=1S/C14H15NO2S/c1-10-7-11(2)9-13(8-10)12-3-5-14(6-4-12)18(15,16)17/h3-9H,1-2H3,(H2,15,16,17). The first-order valence-electron chi connectivity index (χ1n) is 5.58. The first-order chi connectivity index (χ1) is 8.36. The molecule has 0 aliphatic carbocycles. The first-order valence-corrected chi connectivity index (χ1v) is 7.12. The Kier molecular flexibility index (Phi) is 3.24. The quantitative estimate of drug-likeness (QED) is 0.903. The fourth-order valence-corrected chi connectivity index (χ4v) is 2.49. The Morgan fingerprint density at radius 1 is 0.833 bits per heavy atom. The van der Waals surface area contributed by atoms with Crippen molar-refractivity contribution in [3.63, 3.8) is 0 Å². The smallest absolute Gasteiger partial charge is 0.225 e. The molecule has 2 rings (SSSR count). The maximum Gasteiger partial charge on any atom is 0.238 e. The number of rotatable bonds is 2. The fraction of sp³-hybridized carbons (Fsp3) is 0.143. The predicted octanol–water partition coefficient (Wildman–Crippen LogP) is 2.62. The van der Waals surface area contributed by atoms with E-state index in [1.165, 1.54) is 23.3 Å². The minimum atomic E-state index is -3.62. The second-order valence-corrected chi connectivity index (χ2v) is 6.01. The number of aryl methyl sites for hydroxylation is 2. The summed E-state index contributed by atoms with van der Waals surface area (Å²) in [5.74, 6) is 0. The molecule has 4 heteroatoms. The van der Waals surface area contributed by atoms with Crippen molar-refractivity contribution in [2.45, 2.75) is 18.7 Å². The summed E-state index contributed by atoms with van der Waals surface area (Å²) in [5, 5.41) is 5.07. The van der Waals surface area contributed by atoms with E-state index in [0.717, 1.165) is 11.1 Å². The number of primary sulfonamides is 1. The normalized spacial score (nSPS) is 11.5. The molecule has 0 atom stereocenters. The summed E-state index contributed by atoms with van der Waals surface area (Å²) in [7, 11) is -3.62. The minimum Gasteiger partial charge on any atom is -0.225 e. The van der Waals surface area contributed by atoms with E-state index < -0.39 is 10.0 Å². The molecule has 0 radical (unpaired) electrons. The highest BCUT2D eigenvalue weighted by molar-refractivity contribution is 7.89. The average Bonchev–Trinajstić information content (AvgIpc) is 2.27. The van der Waals surface area contributed by atoms with Crippen molar-refractivity contribution in [1.29, 1.82) is 0 Å². The van der Waals surface area contributed by atoms with E-state index in [2.05, 4.69) is 18.2 Å². The van der Waals surface area contributed by atoms with Gasteiger partial charge in [-0.2, -0.15) is 0 Å². The van der Waals surface area contributed by atoms with Gasteiger partial charge in [-0.3, -0.25) is 0 Å². The van der Waals surface area contributed by atoms with E-state index >= 15 is 0 Å². The van der Waals surface area contributed by atoms with Gasteiger partial charge < -0.3 is 0 Å². The Labute approximate surface area is 107 Å². The Bertz CT molecular complexity index is 653. The Morgan fingerprint density at radius 2 is 1.33 bits per heavy atom. The number of benzene rings is 2. The highest BCUT2D eigenvalue weighted by Gasteiger charge is 2.07. The van der Waals surface area contributed by atoms with Crippen molar-refractivity contribution in [2.75, 3.05) is 0 Å². The molecule has 94 valence electrons. The summed E-state index contributed by atoms with van der Waals surface area (Å²) in [6.45, 7) is 4.07. The van der Waals surface area contributed by atoms with Gasteiger partial charge in [0.15, 0.2) is 0 Å². The lowest BCUT2D eigenvalue weighted by molar-refractivity contribution is 0.598. The summed E-state index contributed by atoms with van der Waals surface area (Å²) in [6.07, 6.45) is 0. The molecular weight excluding hydrogens is 246 g/mol. The molecule has 0 amide bonds. The van der Waals surface area contributed by atoms with Gasteiger partial charge >= 0.3 is 0 Å². The van der Waals surface area contributed by atoms with Crippen LogP contribution in [0, 0.1) is 13.8 Å². The molecule has 0 aliphatic rings. The summed E-state index contributed by atoms with van der Waals surface area (Å²) >= 11 is 0. The topological polar surface area (TPSA) is 60.2 Å². The second kappa shape index (κ2) is 4.55. The summed E-state index contributed by atoms with van der Waals surface area (Å²) in [6, 6.07) is 12.8. The van der Waals surface area contributed by atoms with Crippen LogP contribution in [0.3, 0.4) is 0 Å². The van der Waals surface area contributed by atoms with Crippen LogP contribution in [-0.4, -0.2) is 8.42 Å². The molecule has 0 heterocycles. The minimum absolute atomic E-state index is 0.135. The van der Waals surface area contributed by atoms with Crippen LogP contribution in [0.2, 0.25) is 0 Å². The van der Waals surface area contributed by atoms with Gasteiger partial charge in [0.25, 0.3) is 0 Å². The predicted molar refractivity (Wildman–Crippen MR) is 72.7 cm³/mol. The van der Waals surface area contributed by atoms with Crippen LogP contribution >= 0.6 is 0 Å². The molecule has 0 saturated heterocycles. The lowest BCUT2D eigenvalue weighted by atomic mass is 10.0. The SMILES string of the molecule is Cc1cc(C)cc(-c2ccc(S(N)(=O)=O)cc2)c1. The molecule has 0 bridgehead atoms. The van der Waals surface area contributed by atoms with Crippen molar-refractivity contribution < 1.29 is 8.42 Å². The van der Waals surface area contributed by atoms with E-state index in [1.54, 1.807) is 12.1 Å². The molecule has 2 aromatic carbocycles. The number of sulfonamides is 1. The number of nitrogens with two attached hydrogens (primary N) is 1. The fourth-order valence-electron chi connectivity index (χ4n) is 1.98. The molecule has 2 aromatic rings. The van der Waals surface area contributed by atoms with Crippen molar-refractivity contribution in [2.24, 2.45) is 5.14 Å². The van der Waals surface area contributed by atoms with Gasteiger partial charge in [0, 0.05) is 0 Å². The van der Waals surface area contributed by atoms with Crippen LogP contribution in [0.4, 0.5) is 0 Å². The van der Waals surface area contributed by atoms with Crippen LogP contribution in [0.1, 0.15) is 11.1 Å². The van der Waals surface area contributed by atoms with Gasteiger partial charge in [-0.05, 0) is 37.1 Å². The van der Waals surface area contributed by atoms with E-state index in [1.807, 2.05) is 13.8 Å². The molecule has 0 unspecified atom stereocenters. The van der Waals surface area contributed by atoms with Crippen molar-refractivity contribution in [1.82, 2.24) is 0 Å². The molecule has 2 N–H and O–H groups in total. The average molecular weight is 261 g/mol. The molecule has 18 heavy (non-hydrogen) atoms. The largest absolute Gasteiger partial charge is 0.238 e. The lowest BCUT2D eigenvalue weighted by Gasteiger charge is -2.06. The summed E-state index contributed by atoms with van der Waals surface area (Å²) < 4.78 is 22.3. The Hall–Kier alpha value is -1.65. The van der Waals surface area contributed by atoms with Crippen LogP contribution in [-0.2, 0) is 10.0 Å². The van der Waals surface area contributed by atoms with Gasteiger partial charge in [-0.1, -0.05) is 41.5 Å². The molecular formula is C14H15NO2S. The van der Waals surface area contributed by atoms with E-state index in [0.29, 0.717) is 0 Å². The van der Waals surface area contributed by atoms with Gasteiger partial charge in [0.05, 0.1) is 4.90 Å². The van der Waals surface area contributed by atoms with Crippen LogP contribution in [0.25, 0.3) is 11.1 Å². The zero-order valence-electron chi connectivity index (χ0n) is 10.3. The van der Waals surface area contributed by atoms with Gasteiger partial charge in [0.2, 0.25) is 10.0 Å². The van der Waals surface area contributed by atoms with E-state index in [4.69, 9.17) is 5.14 Å². The second-order valence-electron chi connectivity index (χ2n) is 4.45. The molecule has 0 spiro atoms. The maximum absolute atomic E-state index is 11.2. The lowest BCUT2D eigenvalue weighted by Crippen LogP contribution is -2.11. The summed E-state index contributed by atoms with van der Waals surface area (Å²) in [4.78, 5) is 0.135. The zero-order chi connectivity index (χ0) is 13.3.